The third-order valence-electron chi connectivity index (χ3n) is 2.24. The van der Waals surface area contributed by atoms with E-state index in [0.29, 0.717) is 9.13 Å². The second-order valence-electron chi connectivity index (χ2n) is 3.46. The van der Waals surface area contributed by atoms with E-state index in [-0.39, 0.29) is 0 Å². The number of nitrogens with zero attached hydrogens (tertiary/aromatic N) is 1. The number of hydrogen-bond acceptors (Lipinski definition) is 1. The smallest absolute Gasteiger partial charge is 0.265 e. The lowest BCUT2D eigenvalue weighted by atomic mass is 10.0. The van der Waals surface area contributed by atoms with Crippen LogP contribution < -0.4 is 0 Å². The van der Waals surface area contributed by atoms with Gasteiger partial charge in [0.2, 0.25) is 0 Å². The number of halogens is 4. The zero-order chi connectivity index (χ0) is 12.5. The molecule has 17 heavy (non-hydrogen) atoms. The van der Waals surface area contributed by atoms with Gasteiger partial charge < -0.3 is 0 Å². The van der Waals surface area contributed by atoms with Gasteiger partial charge in [0.25, 0.3) is 0 Å². The molecule has 0 spiro atoms. The van der Waals surface area contributed by atoms with Gasteiger partial charge in [-0.15, -0.1) is 0 Å². The first-order valence-electron chi connectivity index (χ1n) is 4.75. The van der Waals surface area contributed by atoms with Gasteiger partial charge in [-0.2, -0.15) is 13.2 Å². The highest BCUT2D eigenvalue weighted by Gasteiger charge is 2.31. The van der Waals surface area contributed by atoms with Crippen molar-refractivity contribution in [3.8, 4) is 11.1 Å². The molecule has 88 valence electrons. The van der Waals surface area contributed by atoms with Gasteiger partial charge in [0, 0.05) is 16.0 Å². The van der Waals surface area contributed by atoms with Crippen LogP contribution >= 0.6 is 22.6 Å². The minimum absolute atomic E-state index is 0.548. The SMILES string of the molecule is FC(F)(F)c1cc(I)cc(-c2ccncc2)c1. The van der Waals surface area contributed by atoms with Crippen LogP contribution in [0.5, 0.6) is 0 Å². The van der Waals surface area contributed by atoms with E-state index in [1.165, 1.54) is 0 Å². The summed E-state index contributed by atoms with van der Waals surface area (Å²) in [5, 5.41) is 0. The average molecular weight is 349 g/mol. The lowest BCUT2D eigenvalue weighted by Gasteiger charge is -2.10. The second-order valence-corrected chi connectivity index (χ2v) is 4.71. The molecule has 2 aromatic rings. The Morgan fingerprint density at radius 1 is 0.941 bits per heavy atom. The van der Waals surface area contributed by atoms with Crippen LogP contribution in [0.1, 0.15) is 5.56 Å². The fourth-order valence-electron chi connectivity index (χ4n) is 1.46. The molecule has 0 N–H and O–H groups in total. The molecule has 0 atom stereocenters. The Morgan fingerprint density at radius 3 is 2.18 bits per heavy atom. The predicted molar refractivity (Wildman–Crippen MR) is 67.4 cm³/mol. The fraction of sp³-hybridized carbons (Fsp3) is 0.0833. The first-order valence-corrected chi connectivity index (χ1v) is 5.83. The molecular weight excluding hydrogens is 342 g/mol. The molecule has 0 aliphatic rings. The molecule has 0 bridgehead atoms. The van der Waals surface area contributed by atoms with Crippen molar-refractivity contribution < 1.29 is 13.2 Å². The first kappa shape index (κ1) is 12.3. The Labute approximate surface area is 110 Å². The topological polar surface area (TPSA) is 12.9 Å². The highest BCUT2D eigenvalue weighted by atomic mass is 127. The molecule has 0 fully saturated rings. The summed E-state index contributed by atoms with van der Waals surface area (Å²) in [5.74, 6) is 0. The van der Waals surface area contributed by atoms with Crippen LogP contribution in [-0.4, -0.2) is 4.98 Å². The lowest BCUT2D eigenvalue weighted by Crippen LogP contribution is -2.05. The van der Waals surface area contributed by atoms with Crippen molar-refractivity contribution in [2.45, 2.75) is 6.18 Å². The molecule has 0 radical (unpaired) electrons. The van der Waals surface area contributed by atoms with Crippen LogP contribution in [0.15, 0.2) is 42.7 Å². The Kier molecular flexibility index (Phi) is 3.37. The number of aromatic nitrogens is 1. The number of pyridine rings is 1. The minimum Gasteiger partial charge on any atom is -0.265 e. The summed E-state index contributed by atoms with van der Waals surface area (Å²) in [5.41, 5.74) is 0.645. The lowest BCUT2D eigenvalue weighted by molar-refractivity contribution is -0.137. The predicted octanol–water partition coefficient (Wildman–Crippen LogP) is 4.37. The molecule has 2 rings (SSSR count). The Hall–Kier alpha value is -1.11. The zero-order valence-electron chi connectivity index (χ0n) is 8.50. The zero-order valence-corrected chi connectivity index (χ0v) is 10.7. The number of hydrogen-bond donors (Lipinski definition) is 0. The summed E-state index contributed by atoms with van der Waals surface area (Å²) in [4.78, 5) is 3.84. The van der Waals surface area contributed by atoms with Crippen molar-refractivity contribution in [1.82, 2.24) is 4.98 Å². The van der Waals surface area contributed by atoms with E-state index in [2.05, 4.69) is 4.98 Å². The molecule has 5 heteroatoms. The molecule has 0 aliphatic carbocycles. The van der Waals surface area contributed by atoms with Crippen molar-refractivity contribution in [3.63, 3.8) is 0 Å². The van der Waals surface area contributed by atoms with Gasteiger partial charge in [-0.05, 0) is 64.0 Å². The van der Waals surface area contributed by atoms with Crippen molar-refractivity contribution in [1.29, 1.82) is 0 Å². The average Bonchev–Trinajstić information content (AvgIpc) is 2.28. The standard InChI is InChI=1S/C12H7F3IN/c13-12(14,15)10-5-9(6-11(16)7-10)8-1-3-17-4-2-8/h1-7H. The number of alkyl halides is 3. The Morgan fingerprint density at radius 2 is 1.59 bits per heavy atom. The van der Waals surface area contributed by atoms with Crippen LogP contribution in [0.2, 0.25) is 0 Å². The number of rotatable bonds is 1. The highest BCUT2D eigenvalue weighted by molar-refractivity contribution is 14.1. The van der Waals surface area contributed by atoms with Crippen LogP contribution in [0.3, 0.4) is 0 Å². The molecule has 0 unspecified atom stereocenters. The van der Waals surface area contributed by atoms with Crippen LogP contribution in [0, 0.1) is 3.57 Å². The third-order valence-corrected chi connectivity index (χ3v) is 2.86. The van der Waals surface area contributed by atoms with E-state index in [4.69, 9.17) is 0 Å². The highest BCUT2D eigenvalue weighted by Crippen LogP contribution is 2.33. The summed E-state index contributed by atoms with van der Waals surface area (Å²) in [6, 6.07) is 7.37. The molecule has 0 aliphatic heterocycles. The second kappa shape index (κ2) is 4.64. The van der Waals surface area contributed by atoms with Gasteiger partial charge in [-0.3, -0.25) is 4.98 Å². The summed E-state index contributed by atoms with van der Waals surface area (Å²) < 4.78 is 38.5. The summed E-state index contributed by atoms with van der Waals surface area (Å²) in [7, 11) is 0. The maximum Gasteiger partial charge on any atom is 0.416 e. The van der Waals surface area contributed by atoms with E-state index in [9.17, 15) is 13.2 Å². The molecule has 1 heterocycles. The van der Waals surface area contributed by atoms with Crippen molar-refractivity contribution >= 4 is 22.6 Å². The maximum atomic E-state index is 12.6. The summed E-state index contributed by atoms with van der Waals surface area (Å²) in [6.45, 7) is 0. The number of benzene rings is 1. The molecule has 1 aromatic carbocycles. The molecule has 0 saturated carbocycles. The van der Waals surface area contributed by atoms with E-state index < -0.39 is 11.7 Å². The Balaban J connectivity index is 2.54. The van der Waals surface area contributed by atoms with Crippen molar-refractivity contribution in [2.75, 3.05) is 0 Å². The largest absolute Gasteiger partial charge is 0.416 e. The monoisotopic (exact) mass is 349 g/mol. The Bertz CT molecular complexity index is 523. The van der Waals surface area contributed by atoms with E-state index >= 15 is 0 Å². The van der Waals surface area contributed by atoms with Crippen LogP contribution in [0.25, 0.3) is 11.1 Å². The van der Waals surface area contributed by atoms with Crippen molar-refractivity contribution in [3.05, 3.63) is 51.9 Å². The van der Waals surface area contributed by atoms with Gasteiger partial charge in [-0.1, -0.05) is 0 Å². The van der Waals surface area contributed by atoms with Gasteiger partial charge in [-0.25, -0.2) is 0 Å². The van der Waals surface area contributed by atoms with E-state index in [1.54, 1.807) is 30.6 Å². The van der Waals surface area contributed by atoms with E-state index in [1.807, 2.05) is 22.6 Å². The minimum atomic E-state index is -4.32. The quantitative estimate of drug-likeness (QED) is 0.697. The van der Waals surface area contributed by atoms with Crippen LogP contribution in [0.4, 0.5) is 13.2 Å². The fourth-order valence-corrected chi connectivity index (χ4v) is 2.14. The maximum absolute atomic E-state index is 12.6. The first-order chi connectivity index (χ1) is 7.97. The summed E-state index contributed by atoms with van der Waals surface area (Å²) in [6.07, 6.45) is -1.20. The van der Waals surface area contributed by atoms with Gasteiger partial charge >= 0.3 is 6.18 Å². The normalized spacial score (nSPS) is 11.5. The molecule has 1 nitrogen and oxygen atoms in total. The van der Waals surface area contributed by atoms with E-state index in [0.717, 1.165) is 17.7 Å². The van der Waals surface area contributed by atoms with Gasteiger partial charge in [0.15, 0.2) is 0 Å². The van der Waals surface area contributed by atoms with Gasteiger partial charge in [0.05, 0.1) is 5.56 Å². The van der Waals surface area contributed by atoms with Gasteiger partial charge in [0.1, 0.15) is 0 Å². The third kappa shape index (κ3) is 2.96. The summed E-state index contributed by atoms with van der Waals surface area (Å²) >= 11 is 1.88. The molecule has 1 aromatic heterocycles. The molecule has 0 saturated heterocycles. The molecular formula is C12H7F3IN. The van der Waals surface area contributed by atoms with Crippen molar-refractivity contribution in [2.24, 2.45) is 0 Å². The van der Waals surface area contributed by atoms with Crippen LogP contribution in [-0.2, 0) is 6.18 Å². The molecule has 0 amide bonds.